The summed E-state index contributed by atoms with van der Waals surface area (Å²) in [5, 5.41) is 2.66. The first kappa shape index (κ1) is 16.1. The highest BCUT2D eigenvalue weighted by Gasteiger charge is 2.43. The van der Waals surface area contributed by atoms with E-state index in [0.29, 0.717) is 22.1 Å². The quantitative estimate of drug-likeness (QED) is 0.474. The molecule has 8 nitrogen and oxygen atoms in total. The molecule has 112 valence electrons. The van der Waals surface area contributed by atoms with Gasteiger partial charge in [-0.2, -0.15) is 0 Å². The normalized spacial score (nSPS) is 17.1. The van der Waals surface area contributed by atoms with Crippen LogP contribution in [0.1, 0.15) is 20.3 Å². The van der Waals surface area contributed by atoms with Crippen molar-refractivity contribution in [2.75, 3.05) is 20.1 Å². The predicted octanol–water partition coefficient (Wildman–Crippen LogP) is -1.10. The Morgan fingerprint density at radius 2 is 1.85 bits per heavy atom. The maximum absolute atomic E-state index is 11.8. The van der Waals surface area contributed by atoms with Gasteiger partial charge in [0.2, 0.25) is 5.91 Å². The summed E-state index contributed by atoms with van der Waals surface area (Å²) < 4.78 is 0. The van der Waals surface area contributed by atoms with Crippen LogP contribution in [0.3, 0.4) is 0 Å². The van der Waals surface area contributed by atoms with Crippen LogP contribution in [0, 0.1) is 5.92 Å². The Hall–Kier alpha value is -1.96. The van der Waals surface area contributed by atoms with Crippen molar-refractivity contribution < 1.29 is 19.2 Å². The lowest BCUT2D eigenvalue weighted by atomic mass is 10.0. The van der Waals surface area contributed by atoms with Gasteiger partial charge in [-0.15, -0.1) is 0 Å². The number of likely N-dealkylation sites (N-methyl/N-ethyl adjacent to an activating group) is 1. The lowest BCUT2D eigenvalue weighted by molar-refractivity contribution is -0.143. The second-order valence-corrected chi connectivity index (χ2v) is 5.17. The van der Waals surface area contributed by atoms with Gasteiger partial charge in [0.15, 0.2) is 0 Å². The fraction of sp³-hybridized carbons (Fsp3) is 0.667. The van der Waals surface area contributed by atoms with Gasteiger partial charge in [0.05, 0.1) is 0 Å². The first-order chi connectivity index (χ1) is 9.27. The molecule has 0 saturated carbocycles. The van der Waals surface area contributed by atoms with Crippen molar-refractivity contribution >= 4 is 23.8 Å². The molecular formula is C12H20N4O4. The van der Waals surface area contributed by atoms with Crippen molar-refractivity contribution in [2.24, 2.45) is 11.7 Å². The molecule has 1 aliphatic rings. The van der Waals surface area contributed by atoms with E-state index < -0.39 is 30.3 Å². The molecular weight excluding hydrogens is 264 g/mol. The van der Waals surface area contributed by atoms with Crippen LogP contribution >= 0.6 is 0 Å². The minimum absolute atomic E-state index is 0.219. The van der Waals surface area contributed by atoms with Gasteiger partial charge in [-0.25, -0.2) is 9.69 Å². The van der Waals surface area contributed by atoms with Gasteiger partial charge in [0.1, 0.15) is 6.54 Å². The summed E-state index contributed by atoms with van der Waals surface area (Å²) in [5.74, 6) is -2.07. The number of nitrogens with zero attached hydrogens (tertiary/aromatic N) is 2. The summed E-state index contributed by atoms with van der Waals surface area (Å²) in [6, 6.07) is -1.01. The second-order valence-electron chi connectivity index (χ2n) is 5.17. The molecule has 8 heteroatoms. The van der Waals surface area contributed by atoms with E-state index in [0.717, 1.165) is 0 Å². The summed E-state index contributed by atoms with van der Waals surface area (Å²) in [6.07, 6.45) is 0.697. The molecule has 3 N–H and O–H groups in total. The molecule has 1 unspecified atom stereocenters. The third-order valence-electron chi connectivity index (χ3n) is 2.96. The van der Waals surface area contributed by atoms with Gasteiger partial charge in [0.25, 0.3) is 0 Å². The molecule has 0 aliphatic carbocycles. The molecule has 1 saturated heterocycles. The van der Waals surface area contributed by atoms with Gasteiger partial charge in [-0.05, 0) is 12.3 Å². The van der Waals surface area contributed by atoms with Gasteiger partial charge in [0, 0.05) is 19.6 Å². The van der Waals surface area contributed by atoms with E-state index in [1.807, 2.05) is 13.8 Å². The summed E-state index contributed by atoms with van der Waals surface area (Å²) in [7, 11) is 1.20. The number of imide groups is 2. The summed E-state index contributed by atoms with van der Waals surface area (Å²) in [6.45, 7) is 3.79. The van der Waals surface area contributed by atoms with Gasteiger partial charge >= 0.3 is 17.8 Å². The number of amides is 5. The monoisotopic (exact) mass is 284 g/mol. The molecule has 0 aromatic carbocycles. The van der Waals surface area contributed by atoms with Gasteiger partial charge in [-0.1, -0.05) is 13.8 Å². The first-order valence-electron chi connectivity index (χ1n) is 6.40. The summed E-state index contributed by atoms with van der Waals surface area (Å²) in [4.78, 5) is 47.5. The zero-order valence-corrected chi connectivity index (χ0v) is 11.9. The largest absolute Gasteiger partial charge is 0.351 e. The maximum Gasteiger partial charge on any atom is 0.334 e. The summed E-state index contributed by atoms with van der Waals surface area (Å²) in [5.41, 5.74) is 5.55. The van der Waals surface area contributed by atoms with Crippen LogP contribution in [0.2, 0.25) is 0 Å². The van der Waals surface area contributed by atoms with Crippen LogP contribution in [0.5, 0.6) is 0 Å². The Morgan fingerprint density at radius 1 is 1.25 bits per heavy atom. The van der Waals surface area contributed by atoms with E-state index in [-0.39, 0.29) is 12.6 Å². The smallest absolute Gasteiger partial charge is 0.334 e. The number of hydrogen-bond acceptors (Lipinski definition) is 5. The van der Waals surface area contributed by atoms with E-state index >= 15 is 0 Å². The number of hydrogen-bond donors (Lipinski definition) is 2. The van der Waals surface area contributed by atoms with Crippen molar-refractivity contribution in [3.05, 3.63) is 0 Å². The second kappa shape index (κ2) is 6.47. The van der Waals surface area contributed by atoms with Crippen molar-refractivity contribution in [2.45, 2.75) is 26.3 Å². The number of urea groups is 1. The van der Waals surface area contributed by atoms with Gasteiger partial charge < -0.3 is 11.1 Å². The Balaban J connectivity index is 2.60. The Kier molecular flexibility index (Phi) is 5.20. The average molecular weight is 284 g/mol. The lowest BCUT2D eigenvalue weighted by Crippen LogP contribution is -2.47. The van der Waals surface area contributed by atoms with Crippen LogP contribution in [-0.2, 0) is 14.4 Å². The number of carbonyl (C=O) groups is 4. The zero-order chi connectivity index (χ0) is 15.4. The van der Waals surface area contributed by atoms with Crippen molar-refractivity contribution in [3.8, 4) is 0 Å². The van der Waals surface area contributed by atoms with E-state index in [9.17, 15) is 19.2 Å². The summed E-state index contributed by atoms with van der Waals surface area (Å²) >= 11 is 0. The molecule has 1 atom stereocenters. The van der Waals surface area contributed by atoms with Crippen molar-refractivity contribution in [3.63, 3.8) is 0 Å². The molecule has 0 spiro atoms. The lowest BCUT2D eigenvalue weighted by Gasteiger charge is -2.20. The molecule has 1 heterocycles. The number of rotatable bonds is 6. The molecule has 1 rings (SSSR count). The first-order valence-corrected chi connectivity index (χ1v) is 6.40. The standard InChI is InChI=1S/C12H20N4O4/c1-7(2)4-8(5-13)14-9(17)6-16-11(19)10(18)15(3)12(16)20/h7-8H,4-6,13H2,1-3H3,(H,14,17). The molecule has 1 fully saturated rings. The molecule has 0 radical (unpaired) electrons. The van der Waals surface area contributed by atoms with Crippen LogP contribution in [-0.4, -0.2) is 59.7 Å². The molecule has 5 amide bonds. The number of carbonyl (C=O) groups excluding carboxylic acids is 4. The highest BCUT2D eigenvalue weighted by molar-refractivity contribution is 6.44. The van der Waals surface area contributed by atoms with Crippen molar-refractivity contribution in [1.82, 2.24) is 15.1 Å². The Bertz CT molecular complexity index is 435. The van der Waals surface area contributed by atoms with Crippen LogP contribution < -0.4 is 11.1 Å². The van der Waals surface area contributed by atoms with E-state index in [2.05, 4.69) is 5.32 Å². The highest BCUT2D eigenvalue weighted by Crippen LogP contribution is 2.09. The third kappa shape index (κ3) is 3.53. The Morgan fingerprint density at radius 3 is 2.25 bits per heavy atom. The minimum atomic E-state index is -0.985. The SMILES string of the molecule is CC(C)CC(CN)NC(=O)CN1C(=O)C(=O)N(C)C1=O. The zero-order valence-electron chi connectivity index (χ0n) is 11.9. The van der Waals surface area contributed by atoms with Crippen LogP contribution in [0.15, 0.2) is 0 Å². The van der Waals surface area contributed by atoms with E-state index in [1.54, 1.807) is 0 Å². The average Bonchev–Trinajstić information content (AvgIpc) is 2.55. The number of nitrogens with one attached hydrogen (secondary N) is 1. The molecule has 0 aromatic heterocycles. The topological polar surface area (TPSA) is 113 Å². The molecule has 0 bridgehead atoms. The Labute approximate surface area is 117 Å². The molecule has 1 aliphatic heterocycles. The molecule has 0 aromatic rings. The van der Waals surface area contributed by atoms with E-state index in [1.165, 1.54) is 7.05 Å². The number of nitrogens with two attached hydrogens (primary N) is 1. The predicted molar refractivity (Wildman–Crippen MR) is 70.3 cm³/mol. The van der Waals surface area contributed by atoms with Gasteiger partial charge in [-0.3, -0.25) is 19.3 Å². The van der Waals surface area contributed by atoms with Crippen LogP contribution in [0.25, 0.3) is 0 Å². The minimum Gasteiger partial charge on any atom is -0.351 e. The maximum atomic E-state index is 11.8. The van der Waals surface area contributed by atoms with Crippen LogP contribution in [0.4, 0.5) is 4.79 Å². The highest BCUT2D eigenvalue weighted by atomic mass is 16.2. The fourth-order valence-corrected chi connectivity index (χ4v) is 1.95. The molecule has 20 heavy (non-hydrogen) atoms. The van der Waals surface area contributed by atoms with E-state index in [4.69, 9.17) is 5.73 Å². The third-order valence-corrected chi connectivity index (χ3v) is 2.96. The fourth-order valence-electron chi connectivity index (χ4n) is 1.95. The van der Waals surface area contributed by atoms with Crippen molar-refractivity contribution in [1.29, 1.82) is 0 Å².